The number of likely N-dealkylation sites (tertiary alicyclic amines) is 1. The summed E-state index contributed by atoms with van der Waals surface area (Å²) in [5.41, 5.74) is 1.86. The van der Waals surface area contributed by atoms with Gasteiger partial charge in [-0.1, -0.05) is 36.4 Å². The number of aliphatic imine (C=N–C) groups is 1. The van der Waals surface area contributed by atoms with Crippen LogP contribution in [0.1, 0.15) is 35.7 Å². The number of benzene rings is 2. The van der Waals surface area contributed by atoms with Crippen molar-refractivity contribution in [1.82, 2.24) is 15.5 Å². The molecule has 6 heteroatoms. The first-order chi connectivity index (χ1) is 14.7. The zero-order valence-corrected chi connectivity index (χ0v) is 17.7. The van der Waals surface area contributed by atoms with Gasteiger partial charge in [0, 0.05) is 38.3 Å². The normalized spacial score (nSPS) is 16.5. The molecule has 1 aliphatic heterocycles. The fraction of sp³-hybridized carbons (Fsp3) is 0.417. The lowest BCUT2D eigenvalue weighted by atomic mass is 9.99. The Bertz CT molecular complexity index is 838. The van der Waals surface area contributed by atoms with Crippen LogP contribution in [0.3, 0.4) is 0 Å². The zero-order chi connectivity index (χ0) is 21.2. The fourth-order valence-corrected chi connectivity index (χ4v) is 3.78. The summed E-state index contributed by atoms with van der Waals surface area (Å²) >= 11 is 0. The second-order valence-electron chi connectivity index (χ2n) is 7.69. The highest BCUT2D eigenvalue weighted by atomic mass is 16.3. The van der Waals surface area contributed by atoms with Gasteiger partial charge in [-0.05, 0) is 55.9 Å². The van der Waals surface area contributed by atoms with E-state index in [1.807, 2.05) is 0 Å². The Morgan fingerprint density at radius 1 is 1.17 bits per heavy atom. The van der Waals surface area contributed by atoms with E-state index in [1.54, 1.807) is 18.2 Å². The number of nitrogens with one attached hydrogen (secondary N) is 2. The Labute approximate surface area is 179 Å². The van der Waals surface area contributed by atoms with E-state index in [4.69, 9.17) is 4.99 Å². The topological polar surface area (TPSA) is 77.0 Å². The average Bonchev–Trinajstić information content (AvgIpc) is 3.21. The summed E-state index contributed by atoms with van der Waals surface area (Å²) < 4.78 is 0. The van der Waals surface area contributed by atoms with Crippen LogP contribution in [0.2, 0.25) is 0 Å². The van der Waals surface area contributed by atoms with Crippen molar-refractivity contribution in [3.63, 3.8) is 0 Å². The Morgan fingerprint density at radius 2 is 2.00 bits per heavy atom. The van der Waals surface area contributed by atoms with Crippen LogP contribution in [0.25, 0.3) is 0 Å². The van der Waals surface area contributed by atoms with Crippen LogP contribution in [0.15, 0.2) is 59.6 Å². The minimum atomic E-state index is -0.176. The summed E-state index contributed by atoms with van der Waals surface area (Å²) in [5.74, 6) is 1.54. The van der Waals surface area contributed by atoms with Crippen molar-refractivity contribution in [1.29, 1.82) is 0 Å². The second kappa shape index (κ2) is 11.2. The minimum Gasteiger partial charge on any atom is -0.508 e. The number of hydrogen-bond acceptors (Lipinski definition) is 3. The van der Waals surface area contributed by atoms with Crippen molar-refractivity contribution in [2.45, 2.75) is 26.2 Å². The summed E-state index contributed by atoms with van der Waals surface area (Å²) in [6.07, 6.45) is 3.05. The van der Waals surface area contributed by atoms with Gasteiger partial charge in [-0.15, -0.1) is 0 Å². The van der Waals surface area contributed by atoms with Gasteiger partial charge in [-0.25, -0.2) is 0 Å². The van der Waals surface area contributed by atoms with E-state index >= 15 is 0 Å². The Balaban J connectivity index is 1.43. The molecule has 30 heavy (non-hydrogen) atoms. The third-order valence-electron chi connectivity index (χ3n) is 5.28. The maximum Gasteiger partial charge on any atom is 0.251 e. The molecule has 160 valence electrons. The quantitative estimate of drug-likeness (QED) is 0.356. The number of nitrogens with zero attached hydrogens (tertiary/aromatic N) is 2. The van der Waals surface area contributed by atoms with Gasteiger partial charge in [0.1, 0.15) is 5.75 Å². The molecular weight excluding hydrogens is 376 g/mol. The van der Waals surface area contributed by atoms with Crippen molar-refractivity contribution in [3.05, 3.63) is 65.7 Å². The molecule has 1 atom stereocenters. The Morgan fingerprint density at radius 3 is 2.77 bits per heavy atom. The van der Waals surface area contributed by atoms with Crippen LogP contribution in [0.5, 0.6) is 5.75 Å². The predicted octanol–water partition coefficient (Wildman–Crippen LogP) is 3.04. The monoisotopic (exact) mass is 408 g/mol. The molecule has 1 aliphatic rings. The van der Waals surface area contributed by atoms with Crippen LogP contribution in [-0.2, 0) is 6.42 Å². The third kappa shape index (κ3) is 6.51. The molecule has 1 amide bonds. The molecule has 0 aromatic heterocycles. The van der Waals surface area contributed by atoms with Gasteiger partial charge in [0.05, 0.1) is 0 Å². The first-order valence-electron chi connectivity index (χ1n) is 10.8. The number of carbonyl (C=O) groups is 1. The second-order valence-corrected chi connectivity index (χ2v) is 7.69. The van der Waals surface area contributed by atoms with E-state index in [9.17, 15) is 9.90 Å². The zero-order valence-electron chi connectivity index (χ0n) is 17.7. The van der Waals surface area contributed by atoms with E-state index in [0.717, 1.165) is 38.4 Å². The lowest BCUT2D eigenvalue weighted by molar-refractivity contribution is 0.0953. The number of phenolic OH excluding ortho intramolecular Hbond substituents is 1. The van der Waals surface area contributed by atoms with Gasteiger partial charge in [-0.3, -0.25) is 9.79 Å². The van der Waals surface area contributed by atoms with Gasteiger partial charge in [-0.2, -0.15) is 0 Å². The fourth-order valence-electron chi connectivity index (χ4n) is 3.78. The molecule has 2 aromatic rings. The van der Waals surface area contributed by atoms with Gasteiger partial charge < -0.3 is 20.6 Å². The van der Waals surface area contributed by atoms with Gasteiger partial charge >= 0.3 is 0 Å². The summed E-state index contributed by atoms with van der Waals surface area (Å²) in [7, 11) is 0. The summed E-state index contributed by atoms with van der Waals surface area (Å²) in [6.45, 7) is 6.18. The lowest BCUT2D eigenvalue weighted by Crippen LogP contribution is -2.40. The van der Waals surface area contributed by atoms with Gasteiger partial charge in [0.25, 0.3) is 5.91 Å². The molecule has 0 radical (unpaired) electrons. The van der Waals surface area contributed by atoms with Crippen LogP contribution in [-0.4, -0.2) is 54.6 Å². The summed E-state index contributed by atoms with van der Waals surface area (Å²) in [5, 5.41) is 15.8. The minimum absolute atomic E-state index is 0.0960. The average molecular weight is 409 g/mol. The maximum absolute atomic E-state index is 12.1. The van der Waals surface area contributed by atoms with E-state index in [2.05, 4.69) is 52.8 Å². The standard InChI is InChI=1S/C24H32N4O2/c1-2-25-24(28-15-12-20(18-28)16-19-8-4-3-5-9-19)27-14-7-13-26-23(30)21-10-6-11-22(29)17-21/h3-6,8-11,17,20,29H,2,7,12-16,18H2,1H3,(H,25,27)(H,26,30). The highest BCUT2D eigenvalue weighted by Crippen LogP contribution is 2.21. The van der Waals surface area contributed by atoms with Crippen LogP contribution in [0, 0.1) is 5.92 Å². The molecule has 1 unspecified atom stereocenters. The smallest absolute Gasteiger partial charge is 0.251 e. The van der Waals surface area contributed by atoms with Crippen molar-refractivity contribution in [2.75, 3.05) is 32.7 Å². The van der Waals surface area contributed by atoms with Gasteiger partial charge in [0.2, 0.25) is 0 Å². The molecule has 0 spiro atoms. The molecule has 3 N–H and O–H groups in total. The van der Waals surface area contributed by atoms with Crippen LogP contribution in [0.4, 0.5) is 0 Å². The maximum atomic E-state index is 12.1. The SMILES string of the molecule is CCNC(=NCCCNC(=O)c1cccc(O)c1)N1CCC(Cc2ccccc2)C1. The first-order valence-corrected chi connectivity index (χ1v) is 10.8. The highest BCUT2D eigenvalue weighted by Gasteiger charge is 2.24. The molecule has 0 bridgehead atoms. The third-order valence-corrected chi connectivity index (χ3v) is 5.28. The van der Waals surface area contributed by atoms with Gasteiger partial charge in [0.15, 0.2) is 5.96 Å². The van der Waals surface area contributed by atoms with Crippen molar-refractivity contribution in [2.24, 2.45) is 10.9 Å². The summed E-state index contributed by atoms with van der Waals surface area (Å²) in [4.78, 5) is 19.2. The number of aromatic hydroxyl groups is 1. The van der Waals surface area contributed by atoms with Crippen molar-refractivity contribution < 1.29 is 9.90 Å². The molecular formula is C24H32N4O2. The first kappa shape index (κ1) is 21.7. The molecule has 3 rings (SSSR count). The van der Waals surface area contributed by atoms with E-state index in [-0.39, 0.29) is 11.7 Å². The highest BCUT2D eigenvalue weighted by molar-refractivity contribution is 5.94. The largest absolute Gasteiger partial charge is 0.508 e. The molecule has 1 heterocycles. The molecule has 2 aromatic carbocycles. The van der Waals surface area contributed by atoms with Crippen molar-refractivity contribution in [3.8, 4) is 5.75 Å². The Hall–Kier alpha value is -3.02. The molecule has 1 fully saturated rings. The van der Waals surface area contributed by atoms with Crippen molar-refractivity contribution >= 4 is 11.9 Å². The number of rotatable bonds is 8. The van der Waals surface area contributed by atoms with E-state index in [1.165, 1.54) is 18.1 Å². The molecule has 0 aliphatic carbocycles. The van der Waals surface area contributed by atoms with E-state index < -0.39 is 0 Å². The number of guanidine groups is 1. The number of carbonyl (C=O) groups excluding carboxylic acids is 1. The molecule has 1 saturated heterocycles. The molecule has 6 nitrogen and oxygen atoms in total. The predicted molar refractivity (Wildman–Crippen MR) is 121 cm³/mol. The van der Waals surface area contributed by atoms with Crippen LogP contribution >= 0.6 is 0 Å². The Kier molecular flexibility index (Phi) is 8.12. The number of hydrogen-bond donors (Lipinski definition) is 3. The van der Waals surface area contributed by atoms with Crippen LogP contribution < -0.4 is 10.6 Å². The molecule has 0 saturated carbocycles. The summed E-state index contributed by atoms with van der Waals surface area (Å²) in [6, 6.07) is 17.0. The van der Waals surface area contributed by atoms with E-state index in [0.29, 0.717) is 24.6 Å². The number of phenols is 1. The number of amides is 1. The lowest BCUT2D eigenvalue weighted by Gasteiger charge is -2.21.